The van der Waals surface area contributed by atoms with Gasteiger partial charge in [-0.05, 0) is 0 Å². The molecule has 0 aliphatic carbocycles. The van der Waals surface area contributed by atoms with Crippen LogP contribution in [0.2, 0.25) is 0 Å². The Morgan fingerprint density at radius 3 is 2.91 bits per heavy atom. The zero-order chi connectivity index (χ0) is 8.48. The Morgan fingerprint density at radius 2 is 2.64 bits per heavy atom. The lowest BCUT2D eigenvalue weighted by Gasteiger charge is -1.96. The summed E-state index contributed by atoms with van der Waals surface area (Å²) in [5.74, 6) is 0. The lowest BCUT2D eigenvalue weighted by molar-refractivity contribution is -0.410. The van der Waals surface area contributed by atoms with Gasteiger partial charge >= 0.3 is 10.1 Å². The highest BCUT2D eigenvalue weighted by Gasteiger charge is 2.49. The minimum absolute atomic E-state index is 0.176. The molecule has 0 spiro atoms. The van der Waals surface area contributed by atoms with Crippen molar-refractivity contribution in [2.24, 2.45) is 5.73 Å². The van der Waals surface area contributed by atoms with Crippen LogP contribution in [-0.2, 0) is 0 Å². The monoisotopic (exact) mass is 174 g/mol. The molecule has 0 fully saturated rings. The third-order valence-corrected chi connectivity index (χ3v) is 1.98. The van der Waals surface area contributed by atoms with E-state index >= 15 is 0 Å². The third kappa shape index (κ3) is 1.39. The van der Waals surface area contributed by atoms with Gasteiger partial charge in [0.25, 0.3) is 0 Å². The Bertz CT molecular complexity index is 269. The summed E-state index contributed by atoms with van der Waals surface area (Å²) in [6.07, 6.45) is 1.09. The van der Waals surface area contributed by atoms with Crippen LogP contribution in [0, 0.1) is 15.5 Å². The van der Waals surface area contributed by atoms with Crippen molar-refractivity contribution >= 4 is 11.8 Å². The van der Waals surface area contributed by atoms with Crippen LogP contribution in [0.15, 0.2) is 11.2 Å². The first-order valence-electron chi connectivity index (χ1n) is 2.54. The molecule has 58 valence electrons. The summed E-state index contributed by atoms with van der Waals surface area (Å²) < 4.78 is 0. The van der Waals surface area contributed by atoms with Crippen LogP contribution in [-0.4, -0.2) is 10.0 Å². The van der Waals surface area contributed by atoms with Crippen LogP contribution in [0.5, 0.6) is 0 Å². The number of diazo groups is 1. The van der Waals surface area contributed by atoms with Crippen molar-refractivity contribution in [3.8, 4) is 0 Å². The number of rotatable bonds is 1. The summed E-state index contributed by atoms with van der Waals surface area (Å²) in [5, 5.41) is 19.0. The average molecular weight is 174 g/mol. The van der Waals surface area contributed by atoms with Gasteiger partial charge in [-0.3, -0.25) is 15.4 Å². The lowest BCUT2D eigenvalue weighted by Crippen LogP contribution is -2.41. The molecule has 0 aromatic carbocycles. The van der Waals surface area contributed by atoms with Crippen LogP contribution in [0.4, 0.5) is 0 Å². The molecule has 1 aliphatic heterocycles. The second-order valence-electron chi connectivity index (χ2n) is 1.78. The summed E-state index contributed by atoms with van der Waals surface area (Å²) in [5.41, 5.74) is 5.27. The maximum absolute atomic E-state index is 10.1. The van der Waals surface area contributed by atoms with E-state index in [0.29, 0.717) is 11.8 Å². The number of nitrogens with zero attached hydrogens (tertiary/aromatic N) is 3. The summed E-state index contributed by atoms with van der Waals surface area (Å²) in [7, 11) is 0. The molecular weight excluding hydrogens is 170 g/mol. The molecule has 3 N–H and O–H groups in total. The number of nitro groups is 1. The first-order chi connectivity index (χ1) is 5.07. The fourth-order valence-electron chi connectivity index (χ4n) is 0.523. The highest BCUT2D eigenvalue weighted by molar-refractivity contribution is 8.04. The first-order valence-corrected chi connectivity index (χ1v) is 3.35. The van der Waals surface area contributed by atoms with Gasteiger partial charge in [-0.25, -0.2) is 5.73 Å². The van der Waals surface area contributed by atoms with Crippen molar-refractivity contribution in [1.82, 2.24) is 5.32 Å². The average Bonchev–Trinajstić information content (AvgIpc) is 2.33. The van der Waals surface area contributed by atoms with Crippen LogP contribution in [0.1, 0.15) is 0 Å². The van der Waals surface area contributed by atoms with Crippen molar-refractivity contribution in [3.63, 3.8) is 0 Å². The van der Waals surface area contributed by atoms with E-state index in [9.17, 15) is 10.1 Å². The minimum Gasteiger partial charge on any atom is -0.283 e. The van der Waals surface area contributed by atoms with Crippen molar-refractivity contribution in [2.75, 3.05) is 0 Å². The van der Waals surface area contributed by atoms with Gasteiger partial charge in [-0.1, -0.05) is 0 Å². The molecular formula is C3H4N5O2S+. The van der Waals surface area contributed by atoms with Gasteiger partial charge in [0, 0.05) is 0 Å². The van der Waals surface area contributed by atoms with Gasteiger partial charge < -0.3 is 0 Å². The van der Waals surface area contributed by atoms with Gasteiger partial charge in [-0.15, -0.1) is 0 Å². The molecule has 11 heavy (non-hydrogen) atoms. The number of thioether (sulfide) groups is 1. The highest BCUT2D eigenvalue weighted by Crippen LogP contribution is 2.31. The minimum atomic E-state index is -1.50. The van der Waals surface area contributed by atoms with E-state index in [4.69, 9.17) is 11.1 Å². The van der Waals surface area contributed by atoms with Crippen molar-refractivity contribution in [3.05, 3.63) is 26.3 Å². The summed E-state index contributed by atoms with van der Waals surface area (Å²) in [6.45, 7) is 0. The highest BCUT2D eigenvalue weighted by atomic mass is 32.2. The Kier molecular flexibility index (Phi) is 1.67. The second kappa shape index (κ2) is 2.37. The molecule has 0 radical (unpaired) electrons. The van der Waals surface area contributed by atoms with Gasteiger partial charge in [0.05, 0.1) is 22.9 Å². The van der Waals surface area contributed by atoms with Crippen LogP contribution >= 0.6 is 11.8 Å². The summed E-state index contributed by atoms with van der Waals surface area (Å²) >= 11 is 0.633. The molecule has 0 saturated carbocycles. The molecule has 1 heterocycles. The number of hydrogen-bond donors (Lipinski definition) is 2. The molecule has 0 aromatic heterocycles. The molecule has 1 rings (SSSR count). The Balaban J connectivity index is 2.72. The molecule has 0 aromatic rings. The fourth-order valence-corrected chi connectivity index (χ4v) is 1.19. The lowest BCUT2D eigenvalue weighted by atomic mass is 10.8. The molecule has 8 heteroatoms. The zero-order valence-electron chi connectivity index (χ0n) is 5.22. The standard InChI is InChI=1S/C3H4N5O2S/c4-3(7-5)6-1-2(11-3)8(9)10/h1,6H,4H2/q+1. The van der Waals surface area contributed by atoms with E-state index in [-0.39, 0.29) is 5.03 Å². The van der Waals surface area contributed by atoms with Gasteiger partial charge in [0.15, 0.2) is 4.98 Å². The van der Waals surface area contributed by atoms with Gasteiger partial charge in [-0.2, -0.15) is 0 Å². The van der Waals surface area contributed by atoms with Crippen LogP contribution in [0.25, 0.3) is 4.98 Å². The second-order valence-corrected chi connectivity index (χ2v) is 3.03. The van der Waals surface area contributed by atoms with Gasteiger partial charge in [0.2, 0.25) is 5.39 Å². The Morgan fingerprint density at radius 1 is 2.00 bits per heavy atom. The summed E-state index contributed by atoms with van der Waals surface area (Å²) in [4.78, 5) is 12.2. The van der Waals surface area contributed by atoms with E-state index in [0.717, 1.165) is 6.20 Å². The van der Waals surface area contributed by atoms with E-state index < -0.39 is 10.0 Å². The maximum atomic E-state index is 10.1. The molecule has 0 bridgehead atoms. The number of nitrogens with two attached hydrogens (primary N) is 1. The van der Waals surface area contributed by atoms with Crippen LogP contribution < -0.4 is 11.1 Å². The zero-order valence-corrected chi connectivity index (χ0v) is 6.04. The van der Waals surface area contributed by atoms with Crippen molar-refractivity contribution in [2.45, 2.75) is 5.12 Å². The largest absolute Gasteiger partial charge is 0.512 e. The number of nitrogens with one attached hydrogen (secondary N) is 1. The SMILES string of the molecule is N#[N+]C1(N)NC=C([N+](=O)[O-])S1. The van der Waals surface area contributed by atoms with E-state index in [1.54, 1.807) is 0 Å². The smallest absolute Gasteiger partial charge is 0.283 e. The first kappa shape index (κ1) is 7.77. The van der Waals surface area contributed by atoms with Gasteiger partial charge in [0.1, 0.15) is 0 Å². The predicted octanol–water partition coefficient (Wildman–Crippen LogP) is -0.179. The molecule has 0 saturated heterocycles. The van der Waals surface area contributed by atoms with Crippen molar-refractivity contribution < 1.29 is 4.92 Å². The maximum Gasteiger partial charge on any atom is 0.512 e. The Hall–Kier alpha value is -1.33. The normalized spacial score (nSPS) is 28.5. The van der Waals surface area contributed by atoms with E-state index in [1.807, 2.05) is 0 Å². The topological polar surface area (TPSA) is 109 Å². The predicted molar refractivity (Wildman–Crippen MR) is 37.8 cm³/mol. The third-order valence-electron chi connectivity index (χ3n) is 0.991. The Labute approximate surface area is 65.4 Å². The molecule has 1 atom stereocenters. The number of hydrogen-bond acceptors (Lipinski definition) is 6. The quantitative estimate of drug-likeness (QED) is 0.324. The van der Waals surface area contributed by atoms with E-state index in [2.05, 4.69) is 10.3 Å². The molecule has 1 aliphatic rings. The molecule has 0 amide bonds. The summed E-state index contributed by atoms with van der Waals surface area (Å²) in [6, 6.07) is 0. The van der Waals surface area contributed by atoms with E-state index in [1.165, 1.54) is 0 Å². The van der Waals surface area contributed by atoms with Crippen LogP contribution in [0.3, 0.4) is 0 Å². The molecule has 1 unspecified atom stereocenters. The molecule has 7 nitrogen and oxygen atoms in total. The fraction of sp³-hybridized carbons (Fsp3) is 0.333. The van der Waals surface area contributed by atoms with Crippen molar-refractivity contribution in [1.29, 1.82) is 5.39 Å².